The lowest BCUT2D eigenvalue weighted by atomic mass is 10.2. The molecule has 1 unspecified atom stereocenters. The van der Waals surface area contributed by atoms with Crippen LogP contribution in [-0.2, 0) is 9.53 Å². The highest BCUT2D eigenvalue weighted by atomic mass is 16.6. The van der Waals surface area contributed by atoms with Crippen LogP contribution in [0, 0.1) is 10.1 Å². The first kappa shape index (κ1) is 20.7. The van der Waals surface area contributed by atoms with Gasteiger partial charge in [0.2, 0.25) is 0 Å². The van der Waals surface area contributed by atoms with E-state index in [0.717, 1.165) is 0 Å². The number of nitrogens with zero attached hydrogens (tertiary/aromatic N) is 1. The molecule has 0 aliphatic carbocycles. The summed E-state index contributed by atoms with van der Waals surface area (Å²) in [6, 6.07) is 10.2. The van der Waals surface area contributed by atoms with E-state index in [0.29, 0.717) is 18.1 Å². The van der Waals surface area contributed by atoms with Crippen LogP contribution in [0.2, 0.25) is 0 Å². The number of rotatable bonds is 8. The lowest BCUT2D eigenvalue weighted by Crippen LogP contribution is -2.30. The van der Waals surface area contributed by atoms with Crippen molar-refractivity contribution in [2.24, 2.45) is 0 Å². The van der Waals surface area contributed by atoms with Crippen molar-refractivity contribution < 1.29 is 28.7 Å². The molecule has 0 aliphatic heterocycles. The zero-order valence-corrected chi connectivity index (χ0v) is 15.6. The molecule has 2 rings (SSSR count). The number of hydrogen-bond acceptors (Lipinski definition) is 7. The summed E-state index contributed by atoms with van der Waals surface area (Å²) in [7, 11) is 1.48. The molecule has 28 heavy (non-hydrogen) atoms. The van der Waals surface area contributed by atoms with Crippen LogP contribution in [0.25, 0.3) is 0 Å². The fourth-order valence-electron chi connectivity index (χ4n) is 2.33. The molecule has 0 saturated carbocycles. The molecule has 9 nitrogen and oxygen atoms in total. The standard InChI is InChI=1S/C19H20N2O7/c1-4-27-17-11-13(9-10-16(17)26-3)19(23)28-12(2)18(22)20-14-7-5-6-8-15(14)21(24)25/h5-12H,4H2,1-3H3,(H,20,22). The number of nitro benzene ring substituents is 1. The Balaban J connectivity index is 2.09. The Hall–Kier alpha value is -3.62. The number of nitro groups is 1. The SMILES string of the molecule is CCOc1cc(C(=O)OC(C)C(=O)Nc2ccccc2[N+](=O)[O-])ccc1OC. The van der Waals surface area contributed by atoms with E-state index in [9.17, 15) is 19.7 Å². The highest BCUT2D eigenvalue weighted by molar-refractivity contribution is 5.98. The molecule has 148 valence electrons. The van der Waals surface area contributed by atoms with Crippen LogP contribution in [-0.4, -0.2) is 36.6 Å². The van der Waals surface area contributed by atoms with Gasteiger partial charge in [0, 0.05) is 6.07 Å². The molecule has 1 N–H and O–H groups in total. The second-order valence-electron chi connectivity index (χ2n) is 5.61. The maximum absolute atomic E-state index is 12.3. The van der Waals surface area contributed by atoms with Crippen LogP contribution in [0.1, 0.15) is 24.2 Å². The molecule has 0 radical (unpaired) electrons. The number of ether oxygens (including phenoxy) is 3. The van der Waals surface area contributed by atoms with Gasteiger partial charge in [0.1, 0.15) is 5.69 Å². The molecule has 2 aromatic rings. The van der Waals surface area contributed by atoms with Crippen molar-refractivity contribution >= 4 is 23.3 Å². The molecule has 0 bridgehead atoms. The van der Waals surface area contributed by atoms with E-state index in [2.05, 4.69) is 5.32 Å². The smallest absolute Gasteiger partial charge is 0.339 e. The third-order valence-corrected chi connectivity index (χ3v) is 3.71. The van der Waals surface area contributed by atoms with Crippen molar-refractivity contribution in [3.63, 3.8) is 0 Å². The average molecular weight is 388 g/mol. The van der Waals surface area contributed by atoms with Crippen LogP contribution in [0.5, 0.6) is 11.5 Å². The van der Waals surface area contributed by atoms with E-state index in [1.54, 1.807) is 19.1 Å². The van der Waals surface area contributed by atoms with Crippen molar-refractivity contribution in [3.8, 4) is 11.5 Å². The minimum Gasteiger partial charge on any atom is -0.493 e. The number of methoxy groups -OCH3 is 1. The summed E-state index contributed by atoms with van der Waals surface area (Å²) < 4.78 is 15.7. The Bertz CT molecular complexity index is 882. The number of para-hydroxylation sites is 2. The molecule has 0 heterocycles. The highest BCUT2D eigenvalue weighted by Crippen LogP contribution is 2.28. The normalized spacial score (nSPS) is 11.2. The topological polar surface area (TPSA) is 117 Å². The van der Waals surface area contributed by atoms with Gasteiger partial charge < -0.3 is 19.5 Å². The van der Waals surface area contributed by atoms with Gasteiger partial charge in [-0.1, -0.05) is 12.1 Å². The van der Waals surface area contributed by atoms with Gasteiger partial charge in [0.05, 0.1) is 24.2 Å². The first-order valence-corrected chi connectivity index (χ1v) is 8.43. The second-order valence-corrected chi connectivity index (χ2v) is 5.61. The van der Waals surface area contributed by atoms with Crippen LogP contribution < -0.4 is 14.8 Å². The van der Waals surface area contributed by atoms with Gasteiger partial charge in [-0.3, -0.25) is 14.9 Å². The average Bonchev–Trinajstić information content (AvgIpc) is 2.68. The molecular formula is C19H20N2O7. The summed E-state index contributed by atoms with van der Waals surface area (Å²) in [5, 5.41) is 13.4. The predicted molar refractivity (Wildman–Crippen MR) is 101 cm³/mol. The number of nitrogens with one attached hydrogen (secondary N) is 1. The van der Waals surface area contributed by atoms with E-state index >= 15 is 0 Å². The number of benzene rings is 2. The van der Waals surface area contributed by atoms with Crippen LogP contribution in [0.4, 0.5) is 11.4 Å². The molecule has 0 fully saturated rings. The van der Waals surface area contributed by atoms with Crippen molar-refractivity contribution in [1.82, 2.24) is 0 Å². The number of hydrogen-bond donors (Lipinski definition) is 1. The van der Waals surface area contributed by atoms with Gasteiger partial charge in [-0.05, 0) is 38.1 Å². The molecule has 0 aliphatic rings. The van der Waals surface area contributed by atoms with Crippen molar-refractivity contribution in [2.75, 3.05) is 19.0 Å². The Morgan fingerprint density at radius 3 is 2.54 bits per heavy atom. The van der Waals surface area contributed by atoms with Gasteiger partial charge >= 0.3 is 5.97 Å². The number of carbonyl (C=O) groups is 2. The summed E-state index contributed by atoms with van der Waals surface area (Å²) in [6.45, 7) is 3.54. The van der Waals surface area contributed by atoms with Crippen molar-refractivity contribution in [2.45, 2.75) is 20.0 Å². The largest absolute Gasteiger partial charge is 0.493 e. The first-order valence-electron chi connectivity index (χ1n) is 8.43. The molecule has 0 aromatic heterocycles. The summed E-state index contributed by atoms with van der Waals surface area (Å²) in [5.74, 6) is -0.605. The summed E-state index contributed by atoms with van der Waals surface area (Å²) >= 11 is 0. The molecule has 1 atom stereocenters. The quantitative estimate of drug-likeness (QED) is 0.419. The maximum atomic E-state index is 12.3. The van der Waals surface area contributed by atoms with E-state index < -0.39 is 22.9 Å². The van der Waals surface area contributed by atoms with Gasteiger partial charge in [-0.15, -0.1) is 0 Å². The van der Waals surface area contributed by atoms with Gasteiger partial charge in [-0.25, -0.2) is 4.79 Å². The summed E-state index contributed by atoms with van der Waals surface area (Å²) in [5.41, 5.74) is -0.0658. The fraction of sp³-hybridized carbons (Fsp3) is 0.263. The van der Waals surface area contributed by atoms with Gasteiger partial charge in [0.25, 0.3) is 11.6 Å². The predicted octanol–water partition coefficient (Wildman–Crippen LogP) is 3.19. The van der Waals surface area contributed by atoms with Crippen LogP contribution in [0.15, 0.2) is 42.5 Å². The van der Waals surface area contributed by atoms with E-state index in [-0.39, 0.29) is 16.9 Å². The van der Waals surface area contributed by atoms with Crippen LogP contribution >= 0.6 is 0 Å². The molecule has 0 spiro atoms. The Morgan fingerprint density at radius 2 is 1.89 bits per heavy atom. The lowest BCUT2D eigenvalue weighted by Gasteiger charge is -2.15. The third kappa shape index (κ3) is 4.97. The second kappa shape index (κ2) is 9.36. The summed E-state index contributed by atoms with van der Waals surface area (Å²) in [6.07, 6.45) is -1.18. The Labute approximate surface area is 161 Å². The van der Waals surface area contributed by atoms with Crippen LogP contribution in [0.3, 0.4) is 0 Å². The van der Waals surface area contributed by atoms with Gasteiger partial charge in [-0.2, -0.15) is 0 Å². The first-order chi connectivity index (χ1) is 13.4. The van der Waals surface area contributed by atoms with E-state index in [4.69, 9.17) is 14.2 Å². The Morgan fingerprint density at radius 1 is 1.18 bits per heavy atom. The zero-order valence-electron chi connectivity index (χ0n) is 15.6. The van der Waals surface area contributed by atoms with Crippen molar-refractivity contribution in [3.05, 3.63) is 58.1 Å². The minimum atomic E-state index is -1.18. The third-order valence-electron chi connectivity index (χ3n) is 3.71. The molecule has 1 amide bonds. The molecule has 9 heteroatoms. The zero-order chi connectivity index (χ0) is 20.7. The number of esters is 1. The monoisotopic (exact) mass is 388 g/mol. The number of anilines is 1. The summed E-state index contributed by atoms with van der Waals surface area (Å²) in [4.78, 5) is 35.0. The van der Waals surface area contributed by atoms with Gasteiger partial charge in [0.15, 0.2) is 17.6 Å². The molecule has 2 aromatic carbocycles. The number of amides is 1. The maximum Gasteiger partial charge on any atom is 0.339 e. The lowest BCUT2D eigenvalue weighted by molar-refractivity contribution is -0.383. The van der Waals surface area contributed by atoms with E-state index in [1.807, 2.05) is 0 Å². The minimum absolute atomic E-state index is 0.0171. The number of carbonyl (C=O) groups excluding carboxylic acids is 2. The Kier molecular flexibility index (Phi) is 6.91. The van der Waals surface area contributed by atoms with Crippen molar-refractivity contribution in [1.29, 1.82) is 0 Å². The highest BCUT2D eigenvalue weighted by Gasteiger charge is 2.23. The fourth-order valence-corrected chi connectivity index (χ4v) is 2.33. The molecule has 0 saturated heterocycles. The molecular weight excluding hydrogens is 368 g/mol. The van der Waals surface area contributed by atoms with E-state index in [1.165, 1.54) is 44.4 Å².